The fourth-order valence-electron chi connectivity index (χ4n) is 9.75. The van der Waals surface area contributed by atoms with E-state index in [9.17, 15) is 9.90 Å². The number of aliphatic hydroxyl groups is 1. The number of fused-ring (bicyclic) bond motifs is 6. The summed E-state index contributed by atoms with van der Waals surface area (Å²) >= 11 is 0. The van der Waals surface area contributed by atoms with Gasteiger partial charge in [0.2, 0.25) is 0 Å². The van der Waals surface area contributed by atoms with Crippen LogP contribution in [0.3, 0.4) is 0 Å². The van der Waals surface area contributed by atoms with Gasteiger partial charge in [0.1, 0.15) is 0 Å². The van der Waals surface area contributed by atoms with E-state index in [0.717, 1.165) is 63.2 Å². The van der Waals surface area contributed by atoms with Gasteiger partial charge in [-0.3, -0.25) is 4.79 Å². The van der Waals surface area contributed by atoms with Gasteiger partial charge in [-0.15, -0.1) is 12.3 Å². The summed E-state index contributed by atoms with van der Waals surface area (Å²) in [6, 6.07) is 0. The molecule has 194 valence electrons. The van der Waals surface area contributed by atoms with Crippen LogP contribution in [0.1, 0.15) is 104 Å². The average Bonchev–Trinajstić information content (AvgIpc) is 3.50. The van der Waals surface area contributed by atoms with E-state index in [1.165, 1.54) is 25.7 Å². The molecule has 0 radical (unpaired) electrons. The highest BCUT2D eigenvalue weighted by Gasteiger charge is 2.69. The molecule has 0 aromatic rings. The normalized spacial score (nSPS) is 43.5. The number of ether oxygens (including phenoxy) is 1. The molecule has 1 heterocycles. The number of terminal acetylenes is 1. The van der Waals surface area contributed by atoms with Crippen LogP contribution < -0.4 is 0 Å². The van der Waals surface area contributed by atoms with Crippen LogP contribution in [0.2, 0.25) is 0 Å². The first kappa shape index (κ1) is 25.2. The maximum atomic E-state index is 12.3. The van der Waals surface area contributed by atoms with Gasteiger partial charge >= 0.3 is 5.97 Å². The Morgan fingerprint density at radius 1 is 1.11 bits per heavy atom. The third-order valence-electron chi connectivity index (χ3n) is 11.6. The molecule has 0 unspecified atom stereocenters. The molecule has 35 heavy (non-hydrogen) atoms. The molecule has 5 heteroatoms. The van der Waals surface area contributed by atoms with Gasteiger partial charge in [-0.2, -0.15) is 10.2 Å². The van der Waals surface area contributed by atoms with E-state index < -0.39 is 0 Å². The Hall–Kier alpha value is -1.41. The number of rotatable bonds is 8. The van der Waals surface area contributed by atoms with Gasteiger partial charge in [0.15, 0.2) is 5.66 Å². The zero-order valence-corrected chi connectivity index (χ0v) is 22.2. The fourth-order valence-corrected chi connectivity index (χ4v) is 9.75. The highest BCUT2D eigenvalue weighted by molar-refractivity contribution is 5.69. The predicted molar refractivity (Wildman–Crippen MR) is 136 cm³/mol. The number of nitrogens with zero attached hydrogens (tertiary/aromatic N) is 2. The van der Waals surface area contributed by atoms with Crippen molar-refractivity contribution >= 4 is 5.97 Å². The van der Waals surface area contributed by atoms with Crippen molar-refractivity contribution in [1.82, 2.24) is 0 Å². The van der Waals surface area contributed by atoms with Crippen molar-refractivity contribution in [2.24, 2.45) is 56.6 Å². The highest BCUT2D eigenvalue weighted by Crippen LogP contribution is 2.72. The molecular formula is C30H46N2O3. The summed E-state index contributed by atoms with van der Waals surface area (Å²) in [5.74, 6) is 6.42. The molecular weight excluding hydrogens is 436 g/mol. The first-order valence-corrected chi connectivity index (χ1v) is 14.4. The topological polar surface area (TPSA) is 71.2 Å². The standard InChI is InChI=1S/C30H46N2O3/c1-5-6-7-8-17-35-27(34)12-9-20(2)23-10-11-24-22-19-30(31-32-30)26-18-21(33)13-15-29(26,4)25(22)14-16-28(23,24)3/h1,20-26,33H,6-19H2,2-4H3/t20-,21-,22+,23-,24-,25+,26-,28-,29-/m1/s1. The van der Waals surface area contributed by atoms with E-state index >= 15 is 0 Å². The Kier molecular flexibility index (Phi) is 6.83. The number of unbranched alkanes of at least 4 members (excludes halogenated alkanes) is 2. The van der Waals surface area contributed by atoms with Gasteiger partial charge in [-0.25, -0.2) is 0 Å². The van der Waals surface area contributed by atoms with Crippen LogP contribution in [0.5, 0.6) is 0 Å². The summed E-state index contributed by atoms with van der Waals surface area (Å²) in [5.41, 5.74) is 0.428. The van der Waals surface area contributed by atoms with E-state index in [-0.39, 0.29) is 23.2 Å². The Morgan fingerprint density at radius 3 is 2.60 bits per heavy atom. The molecule has 0 aromatic heterocycles. The molecule has 9 atom stereocenters. The largest absolute Gasteiger partial charge is 0.466 e. The minimum atomic E-state index is -0.191. The minimum Gasteiger partial charge on any atom is -0.466 e. The Labute approximate surface area is 212 Å². The predicted octanol–water partition coefficient (Wildman–Crippen LogP) is 6.54. The monoisotopic (exact) mass is 482 g/mol. The van der Waals surface area contributed by atoms with E-state index in [0.29, 0.717) is 42.1 Å². The van der Waals surface area contributed by atoms with Gasteiger partial charge in [-0.05, 0) is 105 Å². The lowest BCUT2D eigenvalue weighted by Crippen LogP contribution is -2.59. The molecule has 0 amide bonds. The Morgan fingerprint density at radius 2 is 1.86 bits per heavy atom. The van der Waals surface area contributed by atoms with Gasteiger partial charge in [0, 0.05) is 25.2 Å². The summed E-state index contributed by atoms with van der Waals surface area (Å²) in [6.07, 6.45) is 18.4. The zero-order chi connectivity index (χ0) is 24.8. The molecule has 5 aliphatic rings. The second-order valence-electron chi connectivity index (χ2n) is 13.3. The lowest BCUT2D eigenvalue weighted by Gasteiger charge is -2.62. The lowest BCUT2D eigenvalue weighted by atomic mass is 9.42. The van der Waals surface area contributed by atoms with E-state index in [1.54, 1.807) is 0 Å². The van der Waals surface area contributed by atoms with Crippen molar-refractivity contribution in [3.8, 4) is 12.3 Å². The second kappa shape index (κ2) is 9.47. The van der Waals surface area contributed by atoms with Crippen LogP contribution in [-0.2, 0) is 9.53 Å². The van der Waals surface area contributed by atoms with Crippen molar-refractivity contribution in [2.45, 2.75) is 116 Å². The highest BCUT2D eigenvalue weighted by atomic mass is 16.5. The molecule has 4 aliphatic carbocycles. The number of aliphatic hydroxyl groups excluding tert-OH is 1. The molecule has 0 aromatic carbocycles. The van der Waals surface area contributed by atoms with Crippen molar-refractivity contribution in [3.63, 3.8) is 0 Å². The summed E-state index contributed by atoms with van der Waals surface area (Å²) < 4.78 is 5.46. The molecule has 1 N–H and O–H groups in total. The molecule has 1 aliphatic heterocycles. The zero-order valence-electron chi connectivity index (χ0n) is 22.2. The van der Waals surface area contributed by atoms with Crippen LogP contribution in [0, 0.1) is 58.7 Å². The summed E-state index contributed by atoms with van der Waals surface area (Å²) in [5, 5.41) is 19.8. The molecule has 1 spiro atoms. The number of hydrogen-bond donors (Lipinski definition) is 1. The Bertz CT molecular complexity index is 873. The average molecular weight is 483 g/mol. The number of carbonyl (C=O) groups excluding carboxylic acids is 1. The van der Waals surface area contributed by atoms with Crippen molar-refractivity contribution < 1.29 is 14.6 Å². The first-order chi connectivity index (χ1) is 16.7. The first-order valence-electron chi connectivity index (χ1n) is 14.4. The SMILES string of the molecule is C#CCCCCOC(=O)CC[C@@H](C)[C@H]1CC[C@@H]2[C@@H]3CC4(N=N4)[C@@H]4C[C@H](O)CC[C@]4(C)[C@H]3CC[C@@]21C. The van der Waals surface area contributed by atoms with Gasteiger partial charge in [-0.1, -0.05) is 20.8 Å². The fraction of sp³-hybridized carbons (Fsp3) is 0.900. The number of hydrogen-bond acceptors (Lipinski definition) is 5. The van der Waals surface area contributed by atoms with Gasteiger partial charge in [0.05, 0.1) is 12.7 Å². The van der Waals surface area contributed by atoms with E-state index in [4.69, 9.17) is 11.2 Å². The molecule has 4 saturated carbocycles. The van der Waals surface area contributed by atoms with E-state index in [1.807, 2.05) is 0 Å². The van der Waals surface area contributed by atoms with Crippen molar-refractivity contribution in [3.05, 3.63) is 0 Å². The van der Waals surface area contributed by atoms with Crippen LogP contribution >= 0.6 is 0 Å². The summed E-state index contributed by atoms with van der Waals surface area (Å²) in [7, 11) is 0. The molecule has 0 saturated heterocycles. The summed E-state index contributed by atoms with van der Waals surface area (Å²) in [4.78, 5) is 12.3. The van der Waals surface area contributed by atoms with Crippen LogP contribution in [-0.4, -0.2) is 29.4 Å². The van der Waals surface area contributed by atoms with Gasteiger partial charge in [0.25, 0.3) is 0 Å². The molecule has 0 bridgehead atoms. The van der Waals surface area contributed by atoms with Gasteiger partial charge < -0.3 is 9.84 Å². The second-order valence-corrected chi connectivity index (χ2v) is 13.3. The van der Waals surface area contributed by atoms with Crippen molar-refractivity contribution in [2.75, 3.05) is 6.61 Å². The van der Waals surface area contributed by atoms with Crippen LogP contribution in [0.25, 0.3) is 0 Å². The quantitative estimate of drug-likeness (QED) is 0.242. The molecule has 5 nitrogen and oxygen atoms in total. The summed E-state index contributed by atoms with van der Waals surface area (Å²) in [6.45, 7) is 7.95. The number of esters is 1. The van der Waals surface area contributed by atoms with Crippen molar-refractivity contribution in [1.29, 1.82) is 0 Å². The molecule has 4 fully saturated rings. The third kappa shape index (κ3) is 4.36. The van der Waals surface area contributed by atoms with E-state index in [2.05, 4.69) is 36.9 Å². The maximum Gasteiger partial charge on any atom is 0.305 e. The lowest BCUT2D eigenvalue weighted by molar-refractivity contribution is -0.147. The Balaban J connectivity index is 1.21. The number of carbonyl (C=O) groups is 1. The van der Waals surface area contributed by atoms with Crippen LogP contribution in [0.4, 0.5) is 0 Å². The van der Waals surface area contributed by atoms with Crippen LogP contribution in [0.15, 0.2) is 10.2 Å². The smallest absolute Gasteiger partial charge is 0.305 e. The third-order valence-corrected chi connectivity index (χ3v) is 11.6. The maximum absolute atomic E-state index is 12.3. The minimum absolute atomic E-state index is 0.0504. The molecule has 5 rings (SSSR count).